The number of fused-ring (bicyclic) bond motifs is 1. The maximum atomic E-state index is 5.33. The summed E-state index contributed by atoms with van der Waals surface area (Å²) in [5.41, 5.74) is 4.18. The van der Waals surface area contributed by atoms with Gasteiger partial charge < -0.3 is 9.26 Å². The number of aromatic amines is 1. The van der Waals surface area contributed by atoms with Gasteiger partial charge in [-0.15, -0.1) is 5.10 Å². The molecule has 0 radical (unpaired) electrons. The van der Waals surface area contributed by atoms with Gasteiger partial charge in [-0.2, -0.15) is 0 Å². The van der Waals surface area contributed by atoms with Gasteiger partial charge in [-0.05, 0) is 24.3 Å². The molecule has 0 fully saturated rings. The Balaban J connectivity index is 1.90. The SMILES string of the molecule is COc1ccc(-c2[nH]nc3onc(-c4ccccc4)c23)cc1. The minimum atomic E-state index is 0.504. The van der Waals surface area contributed by atoms with Crippen LogP contribution in [-0.4, -0.2) is 22.5 Å². The lowest BCUT2D eigenvalue weighted by molar-refractivity contribution is 0.415. The van der Waals surface area contributed by atoms with Gasteiger partial charge in [0.05, 0.1) is 18.2 Å². The zero-order chi connectivity index (χ0) is 14.9. The van der Waals surface area contributed by atoms with E-state index in [0.717, 1.165) is 33.7 Å². The monoisotopic (exact) mass is 291 g/mol. The van der Waals surface area contributed by atoms with Crippen LogP contribution in [0.3, 0.4) is 0 Å². The highest BCUT2D eigenvalue weighted by molar-refractivity contribution is 6.00. The second kappa shape index (κ2) is 5.04. The highest BCUT2D eigenvalue weighted by Gasteiger charge is 2.18. The van der Waals surface area contributed by atoms with Gasteiger partial charge in [0.1, 0.15) is 11.4 Å². The zero-order valence-corrected chi connectivity index (χ0v) is 11.9. The summed E-state index contributed by atoms with van der Waals surface area (Å²) in [5, 5.41) is 12.3. The van der Waals surface area contributed by atoms with Gasteiger partial charge in [-0.25, -0.2) is 0 Å². The molecule has 0 aliphatic rings. The van der Waals surface area contributed by atoms with Gasteiger partial charge in [0, 0.05) is 11.1 Å². The summed E-state index contributed by atoms with van der Waals surface area (Å²) in [6, 6.07) is 17.7. The second-order valence-corrected chi connectivity index (χ2v) is 4.90. The van der Waals surface area contributed by atoms with Crippen molar-refractivity contribution in [2.75, 3.05) is 7.11 Å². The summed E-state index contributed by atoms with van der Waals surface area (Å²) in [5.74, 6) is 0.813. The standard InChI is InChI=1S/C17H13N3O2/c1-21-13-9-7-12(8-10-13)15-14-16(11-5-3-2-4-6-11)20-22-17(14)19-18-15/h2-10H,1H3,(H,18,19). The van der Waals surface area contributed by atoms with Crippen LogP contribution in [0.2, 0.25) is 0 Å². The number of nitrogens with one attached hydrogen (secondary N) is 1. The van der Waals surface area contributed by atoms with E-state index in [9.17, 15) is 0 Å². The van der Waals surface area contributed by atoms with E-state index < -0.39 is 0 Å². The van der Waals surface area contributed by atoms with Crippen molar-refractivity contribution in [3.63, 3.8) is 0 Å². The van der Waals surface area contributed by atoms with Crippen LogP contribution in [0.5, 0.6) is 5.75 Å². The molecule has 1 N–H and O–H groups in total. The van der Waals surface area contributed by atoms with Crippen molar-refractivity contribution in [3.05, 3.63) is 54.6 Å². The van der Waals surface area contributed by atoms with Crippen LogP contribution in [-0.2, 0) is 0 Å². The molecule has 0 amide bonds. The first-order valence-electron chi connectivity index (χ1n) is 6.90. The number of hydrogen-bond acceptors (Lipinski definition) is 4. The molecule has 4 aromatic rings. The molecule has 0 atom stereocenters. The van der Waals surface area contributed by atoms with Crippen molar-refractivity contribution < 1.29 is 9.26 Å². The topological polar surface area (TPSA) is 63.9 Å². The summed E-state index contributed by atoms with van der Waals surface area (Å²) in [6.07, 6.45) is 0. The molecule has 0 saturated carbocycles. The molecular weight excluding hydrogens is 278 g/mol. The smallest absolute Gasteiger partial charge is 0.277 e. The van der Waals surface area contributed by atoms with E-state index in [2.05, 4.69) is 15.4 Å². The van der Waals surface area contributed by atoms with Crippen molar-refractivity contribution in [2.24, 2.45) is 0 Å². The van der Waals surface area contributed by atoms with E-state index in [-0.39, 0.29) is 0 Å². The van der Waals surface area contributed by atoms with Crippen molar-refractivity contribution in [3.8, 4) is 28.3 Å². The van der Waals surface area contributed by atoms with Crippen LogP contribution in [0, 0.1) is 0 Å². The molecule has 0 saturated heterocycles. The van der Waals surface area contributed by atoms with Crippen LogP contribution in [0.25, 0.3) is 33.6 Å². The van der Waals surface area contributed by atoms with Crippen LogP contribution in [0.1, 0.15) is 0 Å². The predicted molar refractivity (Wildman–Crippen MR) is 83.6 cm³/mol. The maximum absolute atomic E-state index is 5.33. The molecule has 2 heterocycles. The third-order valence-corrected chi connectivity index (χ3v) is 3.62. The highest BCUT2D eigenvalue weighted by Crippen LogP contribution is 2.34. The van der Waals surface area contributed by atoms with E-state index in [0.29, 0.717) is 5.71 Å². The van der Waals surface area contributed by atoms with E-state index in [4.69, 9.17) is 9.26 Å². The summed E-state index contributed by atoms with van der Waals surface area (Å²) in [6.45, 7) is 0. The van der Waals surface area contributed by atoms with Crippen LogP contribution in [0.15, 0.2) is 59.1 Å². The first-order valence-corrected chi connectivity index (χ1v) is 6.90. The minimum Gasteiger partial charge on any atom is -0.497 e. The molecule has 2 aromatic heterocycles. The fraction of sp³-hybridized carbons (Fsp3) is 0.0588. The van der Waals surface area contributed by atoms with E-state index in [1.165, 1.54) is 0 Å². The normalized spacial score (nSPS) is 11.0. The lowest BCUT2D eigenvalue weighted by Crippen LogP contribution is -1.85. The van der Waals surface area contributed by atoms with Crippen molar-refractivity contribution >= 4 is 11.1 Å². The van der Waals surface area contributed by atoms with Crippen LogP contribution < -0.4 is 4.74 Å². The summed E-state index contributed by atoms with van der Waals surface area (Å²) < 4.78 is 10.5. The molecular formula is C17H13N3O2. The Kier molecular flexibility index (Phi) is 2.89. The Hall–Kier alpha value is -3.08. The number of nitrogens with zero attached hydrogens (tertiary/aromatic N) is 2. The molecule has 0 spiro atoms. The molecule has 4 rings (SSSR count). The Labute approximate surface area is 126 Å². The average Bonchev–Trinajstić information content (AvgIpc) is 3.17. The quantitative estimate of drug-likeness (QED) is 0.622. The lowest BCUT2D eigenvalue weighted by atomic mass is 10.0. The van der Waals surface area contributed by atoms with Crippen molar-refractivity contribution in [1.29, 1.82) is 0 Å². The predicted octanol–water partition coefficient (Wildman–Crippen LogP) is 3.89. The molecule has 22 heavy (non-hydrogen) atoms. The summed E-state index contributed by atoms with van der Waals surface area (Å²) in [4.78, 5) is 0. The zero-order valence-electron chi connectivity index (χ0n) is 11.9. The number of H-pyrrole nitrogens is 1. The third kappa shape index (κ3) is 1.95. The Morgan fingerprint density at radius 3 is 2.45 bits per heavy atom. The van der Waals surface area contributed by atoms with Gasteiger partial charge in [-0.3, -0.25) is 5.10 Å². The fourth-order valence-corrected chi connectivity index (χ4v) is 2.51. The number of methoxy groups -OCH3 is 1. The van der Waals surface area contributed by atoms with Gasteiger partial charge in [0.2, 0.25) is 0 Å². The third-order valence-electron chi connectivity index (χ3n) is 3.62. The molecule has 0 aliphatic carbocycles. The Morgan fingerprint density at radius 1 is 0.955 bits per heavy atom. The molecule has 108 valence electrons. The maximum Gasteiger partial charge on any atom is 0.277 e. The van der Waals surface area contributed by atoms with Crippen molar-refractivity contribution in [2.45, 2.75) is 0 Å². The lowest BCUT2D eigenvalue weighted by Gasteiger charge is -2.02. The number of hydrogen-bond donors (Lipinski definition) is 1. The first-order chi connectivity index (χ1) is 10.9. The van der Waals surface area contributed by atoms with Gasteiger partial charge in [-0.1, -0.05) is 35.5 Å². The Morgan fingerprint density at radius 2 is 1.73 bits per heavy atom. The van der Waals surface area contributed by atoms with Gasteiger partial charge in [0.15, 0.2) is 0 Å². The second-order valence-electron chi connectivity index (χ2n) is 4.90. The summed E-state index contributed by atoms with van der Waals surface area (Å²) >= 11 is 0. The van der Waals surface area contributed by atoms with Crippen molar-refractivity contribution in [1.82, 2.24) is 15.4 Å². The number of ether oxygens (including phenoxy) is 1. The van der Waals surface area contributed by atoms with E-state index >= 15 is 0 Å². The van der Waals surface area contributed by atoms with E-state index in [1.807, 2.05) is 54.6 Å². The van der Waals surface area contributed by atoms with Crippen LogP contribution in [0.4, 0.5) is 0 Å². The van der Waals surface area contributed by atoms with Gasteiger partial charge >= 0.3 is 0 Å². The van der Waals surface area contributed by atoms with E-state index in [1.54, 1.807) is 7.11 Å². The molecule has 2 aromatic carbocycles. The number of aromatic nitrogens is 3. The molecule has 0 unspecified atom stereocenters. The van der Waals surface area contributed by atoms with Crippen LogP contribution >= 0.6 is 0 Å². The largest absolute Gasteiger partial charge is 0.497 e. The first kappa shape index (κ1) is 12.6. The minimum absolute atomic E-state index is 0.504. The molecule has 0 bridgehead atoms. The summed E-state index contributed by atoms with van der Waals surface area (Å²) in [7, 11) is 1.65. The average molecular weight is 291 g/mol. The molecule has 5 heteroatoms. The molecule has 5 nitrogen and oxygen atoms in total. The Bertz CT molecular complexity index is 908. The van der Waals surface area contributed by atoms with Gasteiger partial charge in [0.25, 0.3) is 5.71 Å². The fourth-order valence-electron chi connectivity index (χ4n) is 2.51. The number of benzene rings is 2. The molecule has 0 aliphatic heterocycles. The highest BCUT2D eigenvalue weighted by atomic mass is 16.5. The number of rotatable bonds is 3.